The number of carbonyl (C=O) groups is 2. The zero-order valence-corrected chi connectivity index (χ0v) is 27.2. The van der Waals surface area contributed by atoms with Gasteiger partial charge in [0.05, 0.1) is 6.54 Å². The van der Waals surface area contributed by atoms with E-state index in [9.17, 15) is 9.59 Å². The molecule has 0 aromatic heterocycles. The largest absolute Gasteiger partial charge is 0.369 e. The summed E-state index contributed by atoms with van der Waals surface area (Å²) in [7, 11) is 6.54. The van der Waals surface area contributed by atoms with Crippen LogP contribution < -0.4 is 4.90 Å². The normalized spacial score (nSPS) is 22.2. The molecule has 0 spiro atoms. The molecule has 1 heterocycles. The lowest BCUT2D eigenvalue weighted by Gasteiger charge is -2.40. The van der Waals surface area contributed by atoms with Crippen LogP contribution in [0.1, 0.15) is 87.2 Å². The van der Waals surface area contributed by atoms with Gasteiger partial charge in [-0.2, -0.15) is 0 Å². The van der Waals surface area contributed by atoms with E-state index in [0.717, 1.165) is 91.2 Å². The van der Waals surface area contributed by atoms with E-state index in [2.05, 4.69) is 78.6 Å². The van der Waals surface area contributed by atoms with Crippen molar-refractivity contribution in [3.8, 4) is 11.8 Å². The second kappa shape index (κ2) is 14.6. The summed E-state index contributed by atoms with van der Waals surface area (Å²) in [4.78, 5) is 36.2. The number of rotatable bonds is 9. The van der Waals surface area contributed by atoms with Gasteiger partial charge in [0.15, 0.2) is 11.6 Å². The SMILES string of the molecule is CCN(c1cc(C#CCN2CCN(C)CC2)cc(C(=O)CCC2=C(C)C=C(C)CC2=O)c1C)C1CCC(N(C)C)CC1. The molecule has 1 aliphatic heterocycles. The zero-order valence-electron chi connectivity index (χ0n) is 27.2. The Balaban J connectivity index is 1.60. The van der Waals surface area contributed by atoms with Crippen molar-refractivity contribution in [3.63, 3.8) is 0 Å². The molecule has 1 saturated carbocycles. The fourth-order valence-electron chi connectivity index (χ4n) is 6.93. The summed E-state index contributed by atoms with van der Waals surface area (Å²) in [6.45, 7) is 14.2. The van der Waals surface area contributed by atoms with E-state index < -0.39 is 0 Å². The van der Waals surface area contributed by atoms with Crippen molar-refractivity contribution in [1.29, 1.82) is 0 Å². The Kier molecular flexibility index (Phi) is 11.2. The van der Waals surface area contributed by atoms with Gasteiger partial charge >= 0.3 is 0 Å². The summed E-state index contributed by atoms with van der Waals surface area (Å²) < 4.78 is 0. The molecule has 1 aromatic rings. The number of likely N-dealkylation sites (N-methyl/N-ethyl adjacent to an activating group) is 1. The van der Waals surface area contributed by atoms with Crippen LogP contribution in [0.3, 0.4) is 0 Å². The van der Waals surface area contributed by atoms with Gasteiger partial charge in [-0.3, -0.25) is 14.5 Å². The van der Waals surface area contributed by atoms with E-state index in [-0.39, 0.29) is 11.6 Å². The van der Waals surface area contributed by atoms with Crippen molar-refractivity contribution in [2.24, 2.45) is 0 Å². The van der Waals surface area contributed by atoms with E-state index in [1.807, 2.05) is 19.9 Å². The Morgan fingerprint density at radius 2 is 1.67 bits per heavy atom. The molecule has 6 nitrogen and oxygen atoms in total. The Morgan fingerprint density at radius 3 is 2.29 bits per heavy atom. The molecule has 0 atom stereocenters. The number of carbonyl (C=O) groups excluding carboxylic acids is 2. The summed E-state index contributed by atoms with van der Waals surface area (Å²) in [5.41, 5.74) is 6.75. The molecular weight excluding hydrogens is 520 g/mol. The maximum Gasteiger partial charge on any atom is 0.163 e. The Labute approximate surface area is 254 Å². The van der Waals surface area contributed by atoms with Crippen molar-refractivity contribution in [1.82, 2.24) is 14.7 Å². The van der Waals surface area contributed by atoms with E-state index in [1.165, 1.54) is 12.8 Å². The molecule has 2 aliphatic carbocycles. The van der Waals surface area contributed by atoms with Gasteiger partial charge in [-0.1, -0.05) is 23.5 Å². The Bertz CT molecular complexity index is 1270. The molecule has 1 aromatic carbocycles. The smallest absolute Gasteiger partial charge is 0.163 e. The fraction of sp³-hybridized carbons (Fsp3) is 0.611. The van der Waals surface area contributed by atoms with E-state index in [4.69, 9.17) is 0 Å². The lowest BCUT2D eigenvalue weighted by atomic mass is 9.87. The number of ketones is 2. The molecular formula is C36H52N4O2. The summed E-state index contributed by atoms with van der Waals surface area (Å²) in [6.07, 6.45) is 8.08. The van der Waals surface area contributed by atoms with Crippen LogP contribution in [0.5, 0.6) is 0 Å². The highest BCUT2D eigenvalue weighted by Gasteiger charge is 2.28. The predicted molar refractivity (Wildman–Crippen MR) is 174 cm³/mol. The number of nitrogens with zero attached hydrogens (tertiary/aromatic N) is 4. The van der Waals surface area contributed by atoms with E-state index >= 15 is 0 Å². The Hall–Kier alpha value is -2.72. The zero-order chi connectivity index (χ0) is 30.4. The summed E-state index contributed by atoms with van der Waals surface area (Å²) in [5.74, 6) is 7.11. The minimum Gasteiger partial charge on any atom is -0.369 e. The van der Waals surface area contributed by atoms with Crippen LogP contribution in [0, 0.1) is 18.8 Å². The minimum atomic E-state index is 0.100. The van der Waals surface area contributed by atoms with Gasteiger partial charge in [0, 0.05) is 74.5 Å². The van der Waals surface area contributed by atoms with Gasteiger partial charge in [-0.25, -0.2) is 0 Å². The molecule has 0 N–H and O–H groups in total. The van der Waals surface area contributed by atoms with Crippen LogP contribution >= 0.6 is 0 Å². The monoisotopic (exact) mass is 572 g/mol. The summed E-state index contributed by atoms with van der Waals surface area (Å²) in [5, 5.41) is 0. The average molecular weight is 573 g/mol. The number of Topliss-reactive ketones (excluding diaryl/α,β-unsaturated/α-hetero) is 2. The third kappa shape index (κ3) is 8.01. The first-order valence-electron chi connectivity index (χ1n) is 16.0. The van der Waals surface area contributed by atoms with Gasteiger partial charge in [-0.15, -0.1) is 0 Å². The quantitative estimate of drug-likeness (QED) is 0.288. The topological polar surface area (TPSA) is 47.1 Å². The molecule has 4 rings (SSSR count). The summed E-state index contributed by atoms with van der Waals surface area (Å²) >= 11 is 0. The van der Waals surface area contributed by atoms with Crippen molar-refractivity contribution >= 4 is 17.3 Å². The number of allylic oxidation sites excluding steroid dienone is 4. The van der Waals surface area contributed by atoms with Gasteiger partial charge in [-0.05, 0) is 110 Å². The second-order valence-electron chi connectivity index (χ2n) is 12.9. The lowest BCUT2D eigenvalue weighted by molar-refractivity contribution is -0.115. The third-order valence-corrected chi connectivity index (χ3v) is 9.62. The predicted octanol–water partition coefficient (Wildman–Crippen LogP) is 5.49. The first-order chi connectivity index (χ1) is 20.1. The summed E-state index contributed by atoms with van der Waals surface area (Å²) in [6, 6.07) is 5.33. The van der Waals surface area contributed by atoms with Crippen LogP contribution in [-0.2, 0) is 4.79 Å². The molecule has 0 amide bonds. The highest BCUT2D eigenvalue weighted by molar-refractivity contribution is 6.02. The number of piperazine rings is 1. The number of hydrogen-bond donors (Lipinski definition) is 0. The van der Waals surface area contributed by atoms with Crippen LogP contribution in [0.25, 0.3) is 0 Å². The maximum absolute atomic E-state index is 13.8. The Morgan fingerprint density at radius 1 is 1.00 bits per heavy atom. The maximum atomic E-state index is 13.8. The van der Waals surface area contributed by atoms with Gasteiger partial charge in [0.25, 0.3) is 0 Å². The van der Waals surface area contributed by atoms with E-state index in [0.29, 0.717) is 31.3 Å². The standard InChI is InChI=1S/C36H52N4O2/c1-8-40(31-13-11-30(12-14-31)37(5)6)34-25-29(10-9-17-39-20-18-38(7)19-21-39)24-33(28(34)4)35(41)16-15-32-27(3)22-26(2)23-36(32)42/h22,24-25,30-31H,8,11-21,23H2,1-7H3. The minimum absolute atomic E-state index is 0.100. The van der Waals surface area contributed by atoms with Crippen molar-refractivity contribution < 1.29 is 9.59 Å². The van der Waals surface area contributed by atoms with Crippen LogP contribution in [0.15, 0.2) is 34.9 Å². The lowest BCUT2D eigenvalue weighted by Crippen LogP contribution is -2.44. The van der Waals surface area contributed by atoms with Crippen molar-refractivity contribution in [3.05, 3.63) is 51.6 Å². The number of anilines is 1. The van der Waals surface area contributed by atoms with Gasteiger partial charge in [0.2, 0.25) is 0 Å². The molecule has 228 valence electrons. The first-order valence-corrected chi connectivity index (χ1v) is 16.0. The molecule has 6 heteroatoms. The van der Waals surface area contributed by atoms with Crippen LogP contribution in [-0.4, -0.2) is 98.8 Å². The van der Waals surface area contributed by atoms with E-state index in [1.54, 1.807) is 0 Å². The number of hydrogen-bond acceptors (Lipinski definition) is 6. The highest BCUT2D eigenvalue weighted by atomic mass is 16.1. The molecule has 3 aliphatic rings. The number of benzene rings is 1. The molecule has 0 bridgehead atoms. The second-order valence-corrected chi connectivity index (χ2v) is 12.9. The fourth-order valence-corrected chi connectivity index (χ4v) is 6.93. The first kappa shape index (κ1) is 32.2. The highest BCUT2D eigenvalue weighted by Crippen LogP contribution is 2.34. The molecule has 0 unspecified atom stereocenters. The molecule has 1 saturated heterocycles. The van der Waals surface area contributed by atoms with Gasteiger partial charge < -0.3 is 14.7 Å². The molecule has 0 radical (unpaired) electrons. The van der Waals surface area contributed by atoms with Gasteiger partial charge in [0.1, 0.15) is 0 Å². The van der Waals surface area contributed by atoms with Crippen LogP contribution in [0.4, 0.5) is 5.69 Å². The average Bonchev–Trinajstić information content (AvgIpc) is 2.95. The molecule has 42 heavy (non-hydrogen) atoms. The third-order valence-electron chi connectivity index (χ3n) is 9.62. The van der Waals surface area contributed by atoms with Crippen molar-refractivity contribution in [2.75, 3.05) is 65.3 Å². The molecule has 2 fully saturated rings. The van der Waals surface area contributed by atoms with Crippen molar-refractivity contribution in [2.45, 2.75) is 84.7 Å². The van der Waals surface area contributed by atoms with Crippen LogP contribution in [0.2, 0.25) is 0 Å².